The van der Waals surface area contributed by atoms with E-state index in [-0.39, 0.29) is 12.5 Å². The average molecular weight is 493 g/mol. The van der Waals surface area contributed by atoms with Gasteiger partial charge in [0.05, 0.1) is 0 Å². The van der Waals surface area contributed by atoms with Crippen LogP contribution >= 0.6 is 15.9 Å². The summed E-state index contributed by atoms with van der Waals surface area (Å²) >= 11 is 3.30. The lowest BCUT2D eigenvalue weighted by Gasteiger charge is -2.31. The zero-order valence-electron chi connectivity index (χ0n) is 18.3. The standard InChI is InChI=1S/C26H25BrN2O3/c1-26(2,3)28-25(31)24(21-15-16-22(27)32-21)29(18-20-12-8-5-9-13-20)23(30)17-14-19-10-6-4-7-11-19/h4-13,15-16,24H,18H2,1-3H3,(H,28,31)/t24-/m1/s1. The quantitative estimate of drug-likeness (QED) is 0.505. The molecule has 0 aliphatic heterocycles. The predicted molar refractivity (Wildman–Crippen MR) is 127 cm³/mol. The molecule has 0 fully saturated rings. The molecule has 2 aromatic carbocycles. The molecule has 0 saturated carbocycles. The number of furan rings is 1. The van der Waals surface area contributed by atoms with Crippen molar-refractivity contribution in [1.82, 2.24) is 10.2 Å². The minimum atomic E-state index is -0.988. The van der Waals surface area contributed by atoms with E-state index in [4.69, 9.17) is 4.42 Å². The van der Waals surface area contributed by atoms with E-state index >= 15 is 0 Å². The third-order valence-corrected chi connectivity index (χ3v) is 4.89. The number of carbonyl (C=O) groups excluding carboxylic acids is 2. The highest BCUT2D eigenvalue weighted by atomic mass is 79.9. The zero-order valence-corrected chi connectivity index (χ0v) is 19.8. The van der Waals surface area contributed by atoms with Crippen LogP contribution in [-0.4, -0.2) is 22.3 Å². The Bertz CT molecular complexity index is 1120. The Morgan fingerprint density at radius 3 is 2.19 bits per heavy atom. The van der Waals surface area contributed by atoms with Crippen LogP contribution in [0.3, 0.4) is 0 Å². The van der Waals surface area contributed by atoms with E-state index in [0.717, 1.165) is 11.1 Å². The molecule has 0 aliphatic rings. The third-order valence-electron chi connectivity index (χ3n) is 4.47. The second kappa shape index (κ2) is 10.3. The van der Waals surface area contributed by atoms with Crippen LogP contribution in [0.2, 0.25) is 0 Å². The lowest BCUT2D eigenvalue weighted by molar-refractivity contribution is -0.139. The molecule has 6 heteroatoms. The largest absolute Gasteiger partial charge is 0.452 e. The minimum absolute atomic E-state index is 0.198. The van der Waals surface area contributed by atoms with Crippen molar-refractivity contribution in [2.45, 2.75) is 38.9 Å². The number of halogens is 1. The molecule has 0 spiro atoms. The Kier molecular flexibility index (Phi) is 7.55. The van der Waals surface area contributed by atoms with Crippen molar-refractivity contribution in [2.24, 2.45) is 0 Å². The van der Waals surface area contributed by atoms with Crippen molar-refractivity contribution >= 4 is 27.7 Å². The van der Waals surface area contributed by atoms with Crippen LogP contribution in [0.1, 0.15) is 43.7 Å². The van der Waals surface area contributed by atoms with Gasteiger partial charge in [-0.05, 0) is 66.5 Å². The van der Waals surface area contributed by atoms with Gasteiger partial charge in [-0.3, -0.25) is 9.59 Å². The molecule has 0 unspecified atom stereocenters. The molecule has 164 valence electrons. The number of nitrogens with one attached hydrogen (secondary N) is 1. The minimum Gasteiger partial charge on any atom is -0.452 e. The molecule has 0 bridgehead atoms. The van der Waals surface area contributed by atoms with Gasteiger partial charge in [-0.25, -0.2) is 0 Å². The average Bonchev–Trinajstić information content (AvgIpc) is 3.17. The van der Waals surface area contributed by atoms with Crippen molar-refractivity contribution in [3.8, 4) is 11.8 Å². The summed E-state index contributed by atoms with van der Waals surface area (Å²) in [4.78, 5) is 28.1. The molecule has 32 heavy (non-hydrogen) atoms. The molecule has 1 aromatic heterocycles. The maximum atomic E-state index is 13.4. The van der Waals surface area contributed by atoms with Gasteiger partial charge in [-0.1, -0.05) is 54.5 Å². The van der Waals surface area contributed by atoms with Crippen LogP contribution in [0.4, 0.5) is 0 Å². The van der Waals surface area contributed by atoms with E-state index in [1.165, 1.54) is 4.90 Å². The molecule has 1 N–H and O–H groups in total. The van der Waals surface area contributed by atoms with Gasteiger partial charge in [0.2, 0.25) is 0 Å². The van der Waals surface area contributed by atoms with E-state index < -0.39 is 17.5 Å². The summed E-state index contributed by atoms with van der Waals surface area (Å²) in [6.45, 7) is 5.86. The fourth-order valence-electron chi connectivity index (χ4n) is 3.12. The van der Waals surface area contributed by atoms with Crippen molar-refractivity contribution in [3.63, 3.8) is 0 Å². The Hall–Kier alpha value is -3.30. The van der Waals surface area contributed by atoms with Gasteiger partial charge in [0, 0.05) is 23.6 Å². The van der Waals surface area contributed by atoms with Crippen LogP contribution in [0.5, 0.6) is 0 Å². The molecule has 0 aliphatic carbocycles. The highest BCUT2D eigenvalue weighted by Crippen LogP contribution is 2.28. The van der Waals surface area contributed by atoms with Gasteiger partial charge >= 0.3 is 0 Å². The first-order valence-corrected chi connectivity index (χ1v) is 11.0. The molecule has 3 rings (SSSR count). The molecule has 1 atom stereocenters. The van der Waals surface area contributed by atoms with Crippen LogP contribution < -0.4 is 5.32 Å². The highest BCUT2D eigenvalue weighted by Gasteiger charge is 2.35. The summed E-state index contributed by atoms with van der Waals surface area (Å²) in [5.74, 6) is 5.13. The van der Waals surface area contributed by atoms with Gasteiger partial charge in [0.25, 0.3) is 11.8 Å². The lowest BCUT2D eigenvalue weighted by Crippen LogP contribution is -2.48. The Morgan fingerprint density at radius 2 is 1.62 bits per heavy atom. The van der Waals surface area contributed by atoms with E-state index in [1.54, 1.807) is 12.1 Å². The van der Waals surface area contributed by atoms with E-state index in [1.807, 2.05) is 81.4 Å². The molecule has 0 radical (unpaired) electrons. The van der Waals surface area contributed by atoms with E-state index in [2.05, 4.69) is 33.1 Å². The molecular weight excluding hydrogens is 468 g/mol. The molecule has 2 amide bonds. The second-order valence-corrected chi connectivity index (χ2v) is 9.10. The van der Waals surface area contributed by atoms with Crippen LogP contribution in [0, 0.1) is 11.8 Å². The summed E-state index contributed by atoms with van der Waals surface area (Å²) in [7, 11) is 0. The summed E-state index contributed by atoms with van der Waals surface area (Å²) in [6, 6.07) is 21.1. The van der Waals surface area contributed by atoms with Crippen molar-refractivity contribution in [3.05, 3.63) is 94.4 Å². The zero-order chi connectivity index (χ0) is 23.1. The maximum Gasteiger partial charge on any atom is 0.300 e. The third kappa shape index (κ3) is 6.60. The number of rotatable bonds is 5. The van der Waals surface area contributed by atoms with E-state index in [9.17, 15) is 9.59 Å². The molecule has 3 aromatic rings. The van der Waals surface area contributed by atoms with Crippen LogP contribution in [-0.2, 0) is 16.1 Å². The SMILES string of the molecule is CC(C)(C)NC(=O)[C@@H](c1ccc(Br)o1)N(Cc1ccccc1)C(=O)C#Cc1ccccc1. The summed E-state index contributed by atoms with van der Waals surface area (Å²) in [5.41, 5.74) is 1.11. The summed E-state index contributed by atoms with van der Waals surface area (Å²) < 4.78 is 6.20. The van der Waals surface area contributed by atoms with Gasteiger partial charge in [0.15, 0.2) is 10.7 Å². The number of amides is 2. The van der Waals surface area contributed by atoms with E-state index in [0.29, 0.717) is 10.4 Å². The first-order valence-electron chi connectivity index (χ1n) is 10.2. The topological polar surface area (TPSA) is 62.6 Å². The number of nitrogens with zero attached hydrogens (tertiary/aromatic N) is 1. The van der Waals surface area contributed by atoms with Gasteiger partial charge in [0.1, 0.15) is 5.76 Å². The van der Waals surface area contributed by atoms with Crippen molar-refractivity contribution < 1.29 is 14.0 Å². The number of carbonyl (C=O) groups is 2. The van der Waals surface area contributed by atoms with Gasteiger partial charge in [-0.15, -0.1) is 0 Å². The van der Waals surface area contributed by atoms with Crippen LogP contribution in [0.25, 0.3) is 0 Å². The Morgan fingerprint density at radius 1 is 1.00 bits per heavy atom. The smallest absolute Gasteiger partial charge is 0.300 e. The number of hydrogen-bond acceptors (Lipinski definition) is 3. The van der Waals surface area contributed by atoms with Gasteiger partial charge in [-0.2, -0.15) is 0 Å². The van der Waals surface area contributed by atoms with Gasteiger partial charge < -0.3 is 14.6 Å². The summed E-state index contributed by atoms with van der Waals surface area (Å²) in [6.07, 6.45) is 0. The Balaban J connectivity index is 2.03. The fourth-order valence-corrected chi connectivity index (χ4v) is 3.44. The first-order chi connectivity index (χ1) is 15.2. The monoisotopic (exact) mass is 492 g/mol. The molecule has 1 heterocycles. The summed E-state index contributed by atoms with van der Waals surface area (Å²) in [5, 5.41) is 2.97. The maximum absolute atomic E-state index is 13.4. The second-order valence-electron chi connectivity index (χ2n) is 8.32. The normalized spacial score (nSPS) is 11.8. The fraction of sp³-hybridized carbons (Fsp3) is 0.231. The Labute approximate surface area is 196 Å². The van der Waals surface area contributed by atoms with Crippen LogP contribution in [0.15, 0.2) is 81.9 Å². The predicted octanol–water partition coefficient (Wildman–Crippen LogP) is 5.08. The highest BCUT2D eigenvalue weighted by molar-refractivity contribution is 9.10. The molecular formula is C26H25BrN2O3. The lowest BCUT2D eigenvalue weighted by atomic mass is 10.1. The molecule has 5 nitrogen and oxygen atoms in total. The first kappa shape index (κ1) is 23.4. The molecule has 0 saturated heterocycles. The van der Waals surface area contributed by atoms with Crippen molar-refractivity contribution in [1.29, 1.82) is 0 Å². The van der Waals surface area contributed by atoms with Crippen molar-refractivity contribution in [2.75, 3.05) is 0 Å². The number of hydrogen-bond donors (Lipinski definition) is 1. The number of benzene rings is 2.